The summed E-state index contributed by atoms with van der Waals surface area (Å²) in [5.74, 6) is -1.74. The van der Waals surface area contributed by atoms with Crippen molar-refractivity contribution in [2.45, 2.75) is 31.4 Å². The molecule has 6 heteroatoms. The molecule has 2 fully saturated rings. The van der Waals surface area contributed by atoms with Crippen LogP contribution in [0.1, 0.15) is 30.9 Å². The molecule has 0 radical (unpaired) electrons. The van der Waals surface area contributed by atoms with Crippen LogP contribution in [0.25, 0.3) is 0 Å². The third-order valence-electron chi connectivity index (χ3n) is 5.07. The first kappa shape index (κ1) is 17.6. The van der Waals surface area contributed by atoms with E-state index >= 15 is 0 Å². The van der Waals surface area contributed by atoms with Crippen LogP contribution in [0.15, 0.2) is 36.5 Å². The number of likely N-dealkylation sites (tertiary alicyclic amines) is 1. The molecule has 5 nitrogen and oxygen atoms in total. The minimum atomic E-state index is -0.860. The van der Waals surface area contributed by atoms with Crippen LogP contribution in [0.3, 0.4) is 0 Å². The van der Waals surface area contributed by atoms with E-state index in [1.54, 1.807) is 23.1 Å². The van der Waals surface area contributed by atoms with Crippen LogP contribution in [-0.4, -0.2) is 41.4 Å². The van der Waals surface area contributed by atoms with Crippen molar-refractivity contribution in [1.29, 1.82) is 0 Å². The molecule has 3 unspecified atom stereocenters. The fourth-order valence-electron chi connectivity index (χ4n) is 3.52. The van der Waals surface area contributed by atoms with Crippen molar-refractivity contribution in [3.05, 3.63) is 47.9 Å². The molecule has 25 heavy (non-hydrogen) atoms. The number of rotatable bonds is 5. The Labute approximate surface area is 146 Å². The second kappa shape index (κ2) is 6.96. The smallest absolute Gasteiger partial charge is 0.231 e. The summed E-state index contributed by atoms with van der Waals surface area (Å²) in [7, 11) is 1.49. The summed E-state index contributed by atoms with van der Waals surface area (Å²) >= 11 is 0. The van der Waals surface area contributed by atoms with E-state index in [-0.39, 0.29) is 17.6 Å². The van der Waals surface area contributed by atoms with Gasteiger partial charge in [-0.1, -0.05) is 24.8 Å². The van der Waals surface area contributed by atoms with Crippen LogP contribution in [0.5, 0.6) is 0 Å². The van der Waals surface area contributed by atoms with Crippen LogP contribution in [0.4, 0.5) is 4.39 Å². The first-order valence-electron chi connectivity index (χ1n) is 8.59. The summed E-state index contributed by atoms with van der Waals surface area (Å²) in [5, 5.41) is 12.7. The highest BCUT2D eigenvalue weighted by molar-refractivity contribution is 5.90. The van der Waals surface area contributed by atoms with Gasteiger partial charge in [-0.25, -0.2) is 4.39 Å². The number of amides is 1. The monoisotopic (exact) mass is 346 g/mol. The average Bonchev–Trinajstić information content (AvgIpc) is 3.43. The molecular weight excluding hydrogens is 323 g/mol. The molecule has 1 heterocycles. The highest BCUT2D eigenvalue weighted by atomic mass is 19.1. The Balaban J connectivity index is 1.98. The first-order valence-corrected chi connectivity index (χ1v) is 8.59. The van der Waals surface area contributed by atoms with Crippen LogP contribution in [0.2, 0.25) is 0 Å². The van der Waals surface area contributed by atoms with E-state index in [0.29, 0.717) is 24.2 Å². The second-order valence-electron chi connectivity index (χ2n) is 6.73. The Morgan fingerprint density at radius 1 is 1.32 bits per heavy atom. The van der Waals surface area contributed by atoms with E-state index < -0.39 is 23.9 Å². The number of Topliss-reactive ketones (excluding diaryl/α,β-unsaturated/α-hetero) is 1. The second-order valence-corrected chi connectivity index (χ2v) is 6.73. The maximum Gasteiger partial charge on any atom is 0.231 e. The lowest BCUT2D eigenvalue weighted by atomic mass is 9.87. The number of hydrogen-bond acceptors (Lipinski definition) is 4. The van der Waals surface area contributed by atoms with Crippen molar-refractivity contribution in [1.82, 2.24) is 10.2 Å². The van der Waals surface area contributed by atoms with Crippen molar-refractivity contribution >= 4 is 11.7 Å². The molecule has 1 aliphatic carbocycles. The van der Waals surface area contributed by atoms with Gasteiger partial charge in [0, 0.05) is 30.8 Å². The van der Waals surface area contributed by atoms with Gasteiger partial charge in [0.1, 0.15) is 17.8 Å². The van der Waals surface area contributed by atoms with Crippen LogP contribution in [-0.2, 0) is 9.59 Å². The number of ketones is 1. The number of hydrogen-bond donors (Lipinski definition) is 2. The third kappa shape index (κ3) is 3.31. The summed E-state index contributed by atoms with van der Waals surface area (Å²) in [5.41, 5.74) is 0.660. The van der Waals surface area contributed by atoms with Crippen molar-refractivity contribution in [2.75, 3.05) is 13.6 Å². The van der Waals surface area contributed by atoms with Crippen molar-refractivity contribution in [3.63, 3.8) is 0 Å². The molecule has 1 saturated heterocycles. The number of carbonyl (C=O) groups excluding carboxylic acids is 2. The molecule has 0 aromatic heterocycles. The quantitative estimate of drug-likeness (QED) is 0.853. The van der Waals surface area contributed by atoms with E-state index in [1.807, 2.05) is 0 Å². The molecule has 3 rings (SSSR count). The zero-order valence-electron chi connectivity index (χ0n) is 14.2. The first-order chi connectivity index (χ1) is 12.0. The molecule has 1 aromatic rings. The van der Waals surface area contributed by atoms with Gasteiger partial charge in [-0.2, -0.15) is 0 Å². The molecule has 1 saturated carbocycles. The number of nitrogens with one attached hydrogen (secondary N) is 1. The summed E-state index contributed by atoms with van der Waals surface area (Å²) in [6.45, 7) is 4.32. The summed E-state index contributed by atoms with van der Waals surface area (Å²) in [6, 6.07) is 5.41. The Bertz CT molecular complexity index is 702. The van der Waals surface area contributed by atoms with Crippen LogP contribution in [0, 0.1) is 17.7 Å². The lowest BCUT2D eigenvalue weighted by molar-refractivity contribution is -0.132. The van der Waals surface area contributed by atoms with E-state index in [4.69, 9.17) is 0 Å². The topological polar surface area (TPSA) is 69.6 Å². The van der Waals surface area contributed by atoms with Crippen LogP contribution >= 0.6 is 0 Å². The molecule has 1 aromatic carbocycles. The normalized spacial score (nSPS) is 24.8. The number of carbonyl (C=O) groups is 2. The summed E-state index contributed by atoms with van der Waals surface area (Å²) in [6.07, 6.45) is 1.08. The van der Waals surface area contributed by atoms with E-state index in [9.17, 15) is 19.1 Å². The Hall–Kier alpha value is -2.21. The fraction of sp³-hybridized carbons (Fsp3) is 0.474. The molecule has 0 bridgehead atoms. The van der Waals surface area contributed by atoms with Crippen molar-refractivity contribution in [2.24, 2.45) is 11.8 Å². The Kier molecular flexibility index (Phi) is 4.90. The lowest BCUT2D eigenvalue weighted by Gasteiger charge is -2.42. The summed E-state index contributed by atoms with van der Waals surface area (Å²) in [4.78, 5) is 26.8. The number of aliphatic hydroxyl groups excluding tert-OH is 1. The van der Waals surface area contributed by atoms with Gasteiger partial charge in [-0.3, -0.25) is 9.59 Å². The van der Waals surface area contributed by atoms with Gasteiger partial charge >= 0.3 is 0 Å². The van der Waals surface area contributed by atoms with Crippen molar-refractivity contribution < 1.29 is 19.1 Å². The number of aliphatic hydroxyl groups is 1. The molecular formula is C19H23FN2O3. The minimum absolute atomic E-state index is 0.0432. The predicted molar refractivity (Wildman–Crippen MR) is 90.9 cm³/mol. The standard InChI is InChI=1S/C19H23FN2O3/c1-11-16(19(25)21-2)15(23)9-10-22(11)17(18(24)12-7-8-12)13-5-3-4-6-14(13)20/h3-6,12,15-17,23H,1,7-10H2,2H3,(H,21,25). The molecule has 1 amide bonds. The maximum atomic E-state index is 14.4. The summed E-state index contributed by atoms with van der Waals surface area (Å²) < 4.78 is 14.4. The third-order valence-corrected chi connectivity index (χ3v) is 5.07. The van der Waals surface area contributed by atoms with E-state index in [1.165, 1.54) is 13.1 Å². The molecule has 2 aliphatic rings. The highest BCUT2D eigenvalue weighted by Gasteiger charge is 2.44. The Morgan fingerprint density at radius 2 is 2.00 bits per heavy atom. The molecule has 134 valence electrons. The van der Waals surface area contributed by atoms with Crippen molar-refractivity contribution in [3.8, 4) is 0 Å². The van der Waals surface area contributed by atoms with E-state index in [0.717, 1.165) is 12.8 Å². The van der Waals surface area contributed by atoms with Gasteiger partial charge in [0.25, 0.3) is 0 Å². The van der Waals surface area contributed by atoms with E-state index in [2.05, 4.69) is 11.9 Å². The lowest BCUT2D eigenvalue weighted by Crippen LogP contribution is -2.49. The van der Waals surface area contributed by atoms with Gasteiger partial charge in [-0.15, -0.1) is 0 Å². The molecule has 3 atom stereocenters. The highest BCUT2D eigenvalue weighted by Crippen LogP contribution is 2.41. The average molecular weight is 346 g/mol. The molecule has 1 aliphatic heterocycles. The SMILES string of the molecule is C=C1C(C(=O)NC)C(O)CCN1C(C(=O)C1CC1)c1ccccc1F. The predicted octanol–water partition coefficient (Wildman–Crippen LogP) is 1.79. The largest absolute Gasteiger partial charge is 0.392 e. The fourth-order valence-corrected chi connectivity index (χ4v) is 3.52. The van der Waals surface area contributed by atoms with Gasteiger partial charge in [0.2, 0.25) is 5.91 Å². The zero-order chi connectivity index (χ0) is 18.1. The number of benzene rings is 1. The van der Waals surface area contributed by atoms with Gasteiger partial charge in [0.05, 0.1) is 6.10 Å². The number of halogens is 1. The number of nitrogens with zero attached hydrogens (tertiary/aromatic N) is 1. The molecule has 2 N–H and O–H groups in total. The maximum absolute atomic E-state index is 14.4. The van der Waals surface area contributed by atoms with Gasteiger partial charge < -0.3 is 15.3 Å². The van der Waals surface area contributed by atoms with Gasteiger partial charge in [0.15, 0.2) is 5.78 Å². The number of piperidine rings is 1. The zero-order valence-corrected chi connectivity index (χ0v) is 14.2. The minimum Gasteiger partial charge on any atom is -0.392 e. The van der Waals surface area contributed by atoms with Gasteiger partial charge in [-0.05, 0) is 25.3 Å². The Morgan fingerprint density at radius 3 is 2.60 bits per heavy atom. The molecule has 0 spiro atoms. The van der Waals surface area contributed by atoms with Crippen LogP contribution < -0.4 is 5.32 Å².